The van der Waals surface area contributed by atoms with Crippen molar-refractivity contribution in [2.24, 2.45) is 11.8 Å². The molecule has 0 amide bonds. The molecule has 1 saturated carbocycles. The standard InChI is InChI=1S/C22H26N4OS/c1-16-23-8-9-26(16)20-11-17-13-25(15-19-5-4-10-28-19)14-18(17)12-21(20)27-22-6-2-3-7-24-22/h2-10,17-18,20-21H,11-15H2,1H3/t17-,18+,20-,21-/m0/s1. The Labute approximate surface area is 170 Å². The van der Waals surface area contributed by atoms with Crippen LogP contribution in [0.15, 0.2) is 54.3 Å². The van der Waals surface area contributed by atoms with Crippen molar-refractivity contribution in [2.45, 2.75) is 38.5 Å². The maximum Gasteiger partial charge on any atom is 0.213 e. The summed E-state index contributed by atoms with van der Waals surface area (Å²) in [6.45, 7) is 5.51. The first-order valence-electron chi connectivity index (χ1n) is 10.1. The van der Waals surface area contributed by atoms with E-state index >= 15 is 0 Å². The van der Waals surface area contributed by atoms with Crippen molar-refractivity contribution in [1.29, 1.82) is 0 Å². The minimum atomic E-state index is 0.130. The van der Waals surface area contributed by atoms with E-state index in [1.54, 1.807) is 6.20 Å². The van der Waals surface area contributed by atoms with Crippen LogP contribution in [0.25, 0.3) is 0 Å². The molecule has 1 saturated heterocycles. The van der Waals surface area contributed by atoms with Crippen LogP contribution in [0, 0.1) is 18.8 Å². The number of hydrogen-bond acceptors (Lipinski definition) is 5. The second-order valence-corrected chi connectivity index (χ2v) is 9.07. The second kappa shape index (κ2) is 7.68. The molecule has 0 spiro atoms. The van der Waals surface area contributed by atoms with Gasteiger partial charge in [0, 0.05) is 49.2 Å². The molecule has 0 radical (unpaired) electrons. The molecule has 3 aromatic heterocycles. The van der Waals surface area contributed by atoms with Crippen LogP contribution in [0.4, 0.5) is 0 Å². The molecular weight excluding hydrogens is 368 g/mol. The minimum Gasteiger partial charge on any atom is -0.472 e. The average Bonchev–Trinajstić information content (AvgIpc) is 3.43. The molecule has 0 unspecified atom stereocenters. The number of fused-ring (bicyclic) bond motifs is 1. The van der Waals surface area contributed by atoms with Gasteiger partial charge in [0.1, 0.15) is 11.9 Å². The molecular formula is C22H26N4OS. The van der Waals surface area contributed by atoms with Gasteiger partial charge in [0.05, 0.1) is 6.04 Å². The van der Waals surface area contributed by atoms with Crippen molar-refractivity contribution in [3.05, 3.63) is 65.0 Å². The van der Waals surface area contributed by atoms with Gasteiger partial charge in [0.25, 0.3) is 0 Å². The molecule has 2 aliphatic rings. The van der Waals surface area contributed by atoms with Crippen LogP contribution >= 0.6 is 11.3 Å². The zero-order chi connectivity index (χ0) is 18.9. The third kappa shape index (κ3) is 3.59. The van der Waals surface area contributed by atoms with Crippen molar-refractivity contribution >= 4 is 11.3 Å². The number of ether oxygens (including phenoxy) is 1. The monoisotopic (exact) mass is 394 g/mol. The van der Waals surface area contributed by atoms with Gasteiger partial charge in [0.15, 0.2) is 0 Å². The summed E-state index contributed by atoms with van der Waals surface area (Å²) in [4.78, 5) is 13.0. The third-order valence-electron chi connectivity index (χ3n) is 6.25. The van der Waals surface area contributed by atoms with Gasteiger partial charge < -0.3 is 9.30 Å². The van der Waals surface area contributed by atoms with E-state index in [4.69, 9.17) is 4.74 Å². The summed E-state index contributed by atoms with van der Waals surface area (Å²) in [6, 6.07) is 10.6. The van der Waals surface area contributed by atoms with Gasteiger partial charge in [-0.1, -0.05) is 12.1 Å². The maximum absolute atomic E-state index is 6.42. The first kappa shape index (κ1) is 17.9. The molecule has 5 rings (SSSR count). The van der Waals surface area contributed by atoms with E-state index in [0.717, 1.165) is 37.0 Å². The number of aryl methyl sites for hydroxylation is 1. The topological polar surface area (TPSA) is 43.2 Å². The van der Waals surface area contributed by atoms with E-state index in [2.05, 4.69) is 50.1 Å². The highest BCUT2D eigenvalue weighted by Gasteiger charge is 2.44. The molecule has 5 nitrogen and oxygen atoms in total. The molecule has 146 valence electrons. The van der Waals surface area contributed by atoms with E-state index in [9.17, 15) is 0 Å². The number of likely N-dealkylation sites (tertiary alicyclic amines) is 1. The molecule has 28 heavy (non-hydrogen) atoms. The largest absolute Gasteiger partial charge is 0.472 e. The van der Waals surface area contributed by atoms with Gasteiger partial charge >= 0.3 is 0 Å². The lowest BCUT2D eigenvalue weighted by Gasteiger charge is -2.38. The first-order chi connectivity index (χ1) is 13.8. The molecule has 4 atom stereocenters. The van der Waals surface area contributed by atoms with E-state index in [1.165, 1.54) is 18.0 Å². The summed E-state index contributed by atoms with van der Waals surface area (Å²) in [7, 11) is 0. The highest BCUT2D eigenvalue weighted by atomic mass is 32.1. The van der Waals surface area contributed by atoms with Crippen molar-refractivity contribution in [3.8, 4) is 5.88 Å². The SMILES string of the molecule is Cc1nccn1[C@H]1C[C@H]2CN(Cc3cccs3)C[C@H]2C[C@@H]1Oc1ccccn1. The smallest absolute Gasteiger partial charge is 0.213 e. The Balaban J connectivity index is 1.36. The molecule has 1 aliphatic carbocycles. The predicted molar refractivity (Wildman–Crippen MR) is 110 cm³/mol. The second-order valence-electron chi connectivity index (χ2n) is 8.04. The van der Waals surface area contributed by atoms with Crippen LogP contribution in [-0.2, 0) is 6.54 Å². The minimum absolute atomic E-state index is 0.130. The fourth-order valence-corrected chi connectivity index (χ4v) is 5.71. The first-order valence-corrected chi connectivity index (χ1v) is 11.0. The number of hydrogen-bond donors (Lipinski definition) is 0. The summed E-state index contributed by atoms with van der Waals surface area (Å²) < 4.78 is 8.73. The van der Waals surface area contributed by atoms with Crippen molar-refractivity contribution in [1.82, 2.24) is 19.4 Å². The Morgan fingerprint density at radius 1 is 1.07 bits per heavy atom. The molecule has 1 aliphatic heterocycles. The van der Waals surface area contributed by atoms with Crippen LogP contribution < -0.4 is 4.74 Å². The van der Waals surface area contributed by atoms with Crippen LogP contribution in [-0.4, -0.2) is 38.6 Å². The van der Waals surface area contributed by atoms with Gasteiger partial charge in [-0.2, -0.15) is 0 Å². The number of nitrogens with zero attached hydrogens (tertiary/aromatic N) is 4. The molecule has 3 aromatic rings. The van der Waals surface area contributed by atoms with Crippen LogP contribution in [0.2, 0.25) is 0 Å². The van der Waals surface area contributed by atoms with Crippen LogP contribution in [0.1, 0.15) is 29.6 Å². The van der Waals surface area contributed by atoms with Gasteiger partial charge in [-0.25, -0.2) is 9.97 Å². The third-order valence-corrected chi connectivity index (χ3v) is 7.11. The number of imidazole rings is 1. The normalized spacial score (nSPS) is 27.6. The summed E-state index contributed by atoms with van der Waals surface area (Å²) in [5, 5.41) is 2.17. The fourth-order valence-electron chi connectivity index (χ4n) is 4.97. The Hall–Kier alpha value is -2.18. The van der Waals surface area contributed by atoms with E-state index < -0.39 is 0 Å². The van der Waals surface area contributed by atoms with Gasteiger partial charge in [-0.05, 0) is 49.1 Å². The number of rotatable bonds is 5. The van der Waals surface area contributed by atoms with E-state index in [-0.39, 0.29) is 6.10 Å². The fraction of sp³-hybridized carbons (Fsp3) is 0.455. The number of thiophene rings is 1. The Morgan fingerprint density at radius 3 is 2.68 bits per heavy atom. The van der Waals surface area contributed by atoms with Crippen molar-refractivity contribution in [2.75, 3.05) is 13.1 Å². The highest BCUT2D eigenvalue weighted by molar-refractivity contribution is 7.09. The van der Waals surface area contributed by atoms with Gasteiger partial charge in [0.2, 0.25) is 5.88 Å². The molecule has 2 fully saturated rings. The van der Waals surface area contributed by atoms with Gasteiger partial charge in [-0.15, -0.1) is 11.3 Å². The van der Waals surface area contributed by atoms with Crippen LogP contribution in [0.5, 0.6) is 5.88 Å². The lowest BCUT2D eigenvalue weighted by molar-refractivity contribution is 0.0504. The Morgan fingerprint density at radius 2 is 1.96 bits per heavy atom. The zero-order valence-corrected chi connectivity index (χ0v) is 17.0. The van der Waals surface area contributed by atoms with Gasteiger partial charge in [-0.3, -0.25) is 4.90 Å². The summed E-state index contributed by atoms with van der Waals surface area (Å²) in [5.41, 5.74) is 0. The number of aromatic nitrogens is 3. The Kier molecular flexibility index (Phi) is 4.91. The summed E-state index contributed by atoms with van der Waals surface area (Å²) in [5.74, 6) is 3.19. The van der Waals surface area contributed by atoms with E-state index in [0.29, 0.717) is 12.0 Å². The lowest BCUT2D eigenvalue weighted by Crippen LogP contribution is -2.40. The molecule has 0 bridgehead atoms. The molecule has 0 N–H and O–H groups in total. The molecule has 4 heterocycles. The summed E-state index contributed by atoms with van der Waals surface area (Å²) >= 11 is 1.86. The average molecular weight is 395 g/mol. The highest BCUT2D eigenvalue weighted by Crippen LogP contribution is 2.43. The van der Waals surface area contributed by atoms with Crippen LogP contribution in [0.3, 0.4) is 0 Å². The lowest BCUT2D eigenvalue weighted by atomic mass is 9.77. The van der Waals surface area contributed by atoms with Crippen molar-refractivity contribution < 1.29 is 4.74 Å². The van der Waals surface area contributed by atoms with Crippen molar-refractivity contribution in [3.63, 3.8) is 0 Å². The number of pyridine rings is 1. The quantitative estimate of drug-likeness (QED) is 0.651. The van der Waals surface area contributed by atoms with E-state index in [1.807, 2.05) is 35.7 Å². The molecule has 6 heteroatoms. The maximum atomic E-state index is 6.42. The Bertz CT molecular complexity index is 894. The predicted octanol–water partition coefficient (Wildman–Crippen LogP) is 4.18. The zero-order valence-electron chi connectivity index (χ0n) is 16.1. The summed E-state index contributed by atoms with van der Waals surface area (Å²) in [6.07, 6.45) is 8.15. The molecule has 0 aromatic carbocycles.